The summed E-state index contributed by atoms with van der Waals surface area (Å²) >= 11 is 0. The maximum absolute atomic E-state index is 12.2. The van der Waals surface area contributed by atoms with Gasteiger partial charge in [-0.2, -0.15) is 0 Å². The Hall–Kier alpha value is -2.49. The van der Waals surface area contributed by atoms with E-state index in [1.807, 2.05) is 12.1 Å². The standard InChI is InChI=1S/C17H20N2O2/c1-12(2)11-21-16-5-3-4-13(10-16)17(20)19-15-8-6-14(18)7-9-15/h3-10,12H,11,18H2,1-2H3,(H,19,20). The molecule has 21 heavy (non-hydrogen) atoms. The summed E-state index contributed by atoms with van der Waals surface area (Å²) in [7, 11) is 0. The van der Waals surface area contributed by atoms with E-state index in [0.717, 1.165) is 0 Å². The molecule has 0 aliphatic carbocycles. The van der Waals surface area contributed by atoms with E-state index in [0.29, 0.717) is 35.2 Å². The van der Waals surface area contributed by atoms with Crippen LogP contribution in [0.2, 0.25) is 0 Å². The molecule has 110 valence electrons. The van der Waals surface area contributed by atoms with Gasteiger partial charge in [0.2, 0.25) is 0 Å². The number of carbonyl (C=O) groups is 1. The molecule has 2 aromatic carbocycles. The molecule has 0 atom stereocenters. The van der Waals surface area contributed by atoms with Gasteiger partial charge in [0.25, 0.3) is 5.91 Å². The van der Waals surface area contributed by atoms with Crippen LogP contribution < -0.4 is 15.8 Å². The number of carbonyl (C=O) groups excluding carboxylic acids is 1. The fraction of sp³-hybridized carbons (Fsp3) is 0.235. The van der Waals surface area contributed by atoms with Crippen LogP contribution >= 0.6 is 0 Å². The molecule has 0 aliphatic heterocycles. The maximum Gasteiger partial charge on any atom is 0.255 e. The molecule has 0 unspecified atom stereocenters. The third-order valence-electron chi connectivity index (χ3n) is 2.85. The van der Waals surface area contributed by atoms with Crippen LogP contribution in [0, 0.1) is 5.92 Å². The zero-order chi connectivity index (χ0) is 15.2. The van der Waals surface area contributed by atoms with E-state index in [9.17, 15) is 4.79 Å². The van der Waals surface area contributed by atoms with Crippen molar-refractivity contribution < 1.29 is 9.53 Å². The van der Waals surface area contributed by atoms with Crippen molar-refractivity contribution in [3.8, 4) is 5.75 Å². The first-order valence-electron chi connectivity index (χ1n) is 6.94. The van der Waals surface area contributed by atoms with Gasteiger partial charge in [0.05, 0.1) is 6.61 Å². The minimum absolute atomic E-state index is 0.172. The van der Waals surface area contributed by atoms with E-state index in [1.54, 1.807) is 36.4 Å². The molecule has 4 heteroatoms. The molecule has 0 fully saturated rings. The van der Waals surface area contributed by atoms with E-state index in [4.69, 9.17) is 10.5 Å². The summed E-state index contributed by atoms with van der Waals surface area (Å²) < 4.78 is 5.63. The van der Waals surface area contributed by atoms with Gasteiger partial charge in [-0.15, -0.1) is 0 Å². The first-order chi connectivity index (χ1) is 10.0. The Morgan fingerprint density at radius 1 is 1.19 bits per heavy atom. The van der Waals surface area contributed by atoms with Gasteiger partial charge in [0.1, 0.15) is 5.75 Å². The molecule has 1 amide bonds. The average molecular weight is 284 g/mol. The number of rotatable bonds is 5. The SMILES string of the molecule is CC(C)COc1cccc(C(=O)Nc2ccc(N)cc2)c1. The Morgan fingerprint density at radius 2 is 1.90 bits per heavy atom. The average Bonchev–Trinajstić information content (AvgIpc) is 2.48. The van der Waals surface area contributed by atoms with Crippen LogP contribution in [0.1, 0.15) is 24.2 Å². The van der Waals surface area contributed by atoms with Crippen molar-refractivity contribution in [2.75, 3.05) is 17.7 Å². The van der Waals surface area contributed by atoms with Crippen molar-refractivity contribution in [1.82, 2.24) is 0 Å². The minimum Gasteiger partial charge on any atom is -0.493 e. The molecule has 2 aromatic rings. The fourth-order valence-electron chi connectivity index (χ4n) is 1.76. The van der Waals surface area contributed by atoms with E-state index >= 15 is 0 Å². The monoisotopic (exact) mass is 284 g/mol. The fourth-order valence-corrected chi connectivity index (χ4v) is 1.76. The Bertz CT molecular complexity index is 606. The van der Waals surface area contributed by atoms with Crippen LogP contribution in [0.25, 0.3) is 0 Å². The van der Waals surface area contributed by atoms with Crippen LogP contribution in [-0.2, 0) is 0 Å². The van der Waals surface area contributed by atoms with Crippen LogP contribution in [0.3, 0.4) is 0 Å². The lowest BCUT2D eigenvalue weighted by atomic mass is 10.2. The molecular formula is C17H20N2O2. The predicted molar refractivity (Wildman–Crippen MR) is 85.6 cm³/mol. The summed E-state index contributed by atoms with van der Waals surface area (Å²) in [6.45, 7) is 4.79. The van der Waals surface area contributed by atoms with Crippen molar-refractivity contribution in [1.29, 1.82) is 0 Å². The first-order valence-corrected chi connectivity index (χ1v) is 6.94. The zero-order valence-electron chi connectivity index (χ0n) is 12.3. The molecule has 0 aliphatic rings. The van der Waals surface area contributed by atoms with Gasteiger partial charge in [-0.1, -0.05) is 19.9 Å². The molecular weight excluding hydrogens is 264 g/mol. The summed E-state index contributed by atoms with van der Waals surface area (Å²) in [5.41, 5.74) is 7.55. The highest BCUT2D eigenvalue weighted by Gasteiger charge is 2.07. The summed E-state index contributed by atoms with van der Waals surface area (Å²) in [4.78, 5) is 12.2. The number of anilines is 2. The lowest BCUT2D eigenvalue weighted by molar-refractivity contribution is 0.102. The normalized spacial score (nSPS) is 10.4. The van der Waals surface area contributed by atoms with Gasteiger partial charge in [0.15, 0.2) is 0 Å². The molecule has 2 rings (SSSR count). The van der Waals surface area contributed by atoms with E-state index in [-0.39, 0.29) is 5.91 Å². The van der Waals surface area contributed by atoms with Crippen molar-refractivity contribution in [2.24, 2.45) is 5.92 Å². The third kappa shape index (κ3) is 4.53. The molecule has 4 nitrogen and oxygen atoms in total. The van der Waals surface area contributed by atoms with E-state index in [2.05, 4.69) is 19.2 Å². The maximum atomic E-state index is 12.2. The van der Waals surface area contributed by atoms with Gasteiger partial charge in [-0.25, -0.2) is 0 Å². The second kappa shape index (κ2) is 6.79. The highest BCUT2D eigenvalue weighted by atomic mass is 16.5. The van der Waals surface area contributed by atoms with Gasteiger partial charge in [-0.3, -0.25) is 4.79 Å². The number of hydrogen-bond acceptors (Lipinski definition) is 3. The largest absolute Gasteiger partial charge is 0.493 e. The zero-order valence-corrected chi connectivity index (χ0v) is 12.3. The Balaban J connectivity index is 2.05. The molecule has 0 saturated heterocycles. The van der Waals surface area contributed by atoms with E-state index in [1.165, 1.54) is 0 Å². The first kappa shape index (κ1) is 14.9. The molecule has 0 aromatic heterocycles. The summed E-state index contributed by atoms with van der Waals surface area (Å²) in [5, 5.41) is 2.83. The van der Waals surface area contributed by atoms with Crippen LogP contribution in [-0.4, -0.2) is 12.5 Å². The van der Waals surface area contributed by atoms with E-state index < -0.39 is 0 Å². The third-order valence-corrected chi connectivity index (χ3v) is 2.85. The molecule has 0 radical (unpaired) electrons. The highest BCUT2D eigenvalue weighted by Crippen LogP contribution is 2.17. The molecule has 0 bridgehead atoms. The Kier molecular flexibility index (Phi) is 4.82. The number of benzene rings is 2. The molecule has 0 spiro atoms. The number of ether oxygens (including phenoxy) is 1. The second-order valence-electron chi connectivity index (χ2n) is 5.31. The molecule has 3 N–H and O–H groups in total. The van der Waals surface area contributed by atoms with Crippen molar-refractivity contribution in [2.45, 2.75) is 13.8 Å². The van der Waals surface area contributed by atoms with Crippen LogP contribution in [0.5, 0.6) is 5.75 Å². The second-order valence-corrected chi connectivity index (χ2v) is 5.31. The number of nitrogen functional groups attached to an aromatic ring is 1. The summed E-state index contributed by atoms with van der Waals surface area (Å²) in [6, 6.07) is 14.2. The van der Waals surface area contributed by atoms with Crippen LogP contribution in [0.15, 0.2) is 48.5 Å². The van der Waals surface area contributed by atoms with Gasteiger partial charge < -0.3 is 15.8 Å². The number of nitrogens with two attached hydrogens (primary N) is 1. The Labute approximate surface area is 124 Å². The van der Waals surface area contributed by atoms with Crippen molar-refractivity contribution >= 4 is 17.3 Å². The van der Waals surface area contributed by atoms with Crippen LogP contribution in [0.4, 0.5) is 11.4 Å². The topological polar surface area (TPSA) is 64.3 Å². The summed E-state index contributed by atoms with van der Waals surface area (Å²) in [5.74, 6) is 0.973. The van der Waals surface area contributed by atoms with Gasteiger partial charge in [-0.05, 0) is 48.4 Å². The predicted octanol–water partition coefficient (Wildman–Crippen LogP) is 3.56. The molecule has 0 saturated carbocycles. The lowest BCUT2D eigenvalue weighted by Gasteiger charge is -2.10. The number of hydrogen-bond donors (Lipinski definition) is 2. The number of nitrogens with one attached hydrogen (secondary N) is 1. The smallest absolute Gasteiger partial charge is 0.255 e. The highest BCUT2D eigenvalue weighted by molar-refractivity contribution is 6.04. The lowest BCUT2D eigenvalue weighted by Crippen LogP contribution is -2.12. The Morgan fingerprint density at radius 3 is 2.57 bits per heavy atom. The van der Waals surface area contributed by atoms with Crippen molar-refractivity contribution in [3.63, 3.8) is 0 Å². The minimum atomic E-state index is -0.172. The molecule has 0 heterocycles. The number of amides is 1. The van der Waals surface area contributed by atoms with Gasteiger partial charge >= 0.3 is 0 Å². The summed E-state index contributed by atoms with van der Waals surface area (Å²) in [6.07, 6.45) is 0. The van der Waals surface area contributed by atoms with Gasteiger partial charge in [0, 0.05) is 16.9 Å². The quantitative estimate of drug-likeness (QED) is 0.825. The van der Waals surface area contributed by atoms with Crippen molar-refractivity contribution in [3.05, 3.63) is 54.1 Å².